The number of pyridine rings is 1. The van der Waals surface area contributed by atoms with Crippen molar-refractivity contribution in [3.63, 3.8) is 0 Å². The number of anilines is 2. The van der Waals surface area contributed by atoms with Gasteiger partial charge in [0.1, 0.15) is 6.61 Å². The van der Waals surface area contributed by atoms with E-state index in [1.54, 1.807) is 0 Å². The van der Waals surface area contributed by atoms with Gasteiger partial charge in [0.25, 0.3) is 0 Å². The molecular formula is C36H45N4O2S2+. The van der Waals surface area contributed by atoms with Crippen LogP contribution in [0.3, 0.4) is 0 Å². The van der Waals surface area contributed by atoms with Crippen LogP contribution >= 0.6 is 21.6 Å². The average Bonchev–Trinajstić information content (AvgIpc) is 3.05. The van der Waals surface area contributed by atoms with Crippen molar-refractivity contribution in [2.75, 3.05) is 61.5 Å². The first-order valence-electron chi connectivity index (χ1n) is 15.2. The molecule has 44 heavy (non-hydrogen) atoms. The summed E-state index contributed by atoms with van der Waals surface area (Å²) in [5.74, 6) is 2.09. The van der Waals surface area contributed by atoms with Crippen molar-refractivity contribution in [1.29, 1.82) is 0 Å². The van der Waals surface area contributed by atoms with E-state index in [9.17, 15) is 0 Å². The number of allylic oxidation sites excluding steroid dienone is 4. The maximum atomic E-state index is 9.10. The summed E-state index contributed by atoms with van der Waals surface area (Å²) in [6.45, 7) is 8.59. The molecule has 0 bridgehead atoms. The molecule has 0 atom stereocenters. The molecule has 4 rings (SSSR count). The van der Waals surface area contributed by atoms with Gasteiger partial charge in [-0.25, -0.2) is 4.57 Å². The summed E-state index contributed by atoms with van der Waals surface area (Å²) in [6, 6.07) is 21.4. The standard InChI is InChI=1S/C36H44N4O2S2/c1-29(33-11-17-39(18-12-33)21-23-41)27-31-3-7-35(8-4-31)37-15-25-43-44-26-16-38-36-9-5-32(6-10-36)28-30(2)34-13-19-40(20-14-34)22-24-42/h3-14,17-19,27-28,38,41-42H,15-16,20-26H2,1-2H3/p+1/b30-28+. The maximum absolute atomic E-state index is 9.10. The molecule has 0 amide bonds. The van der Waals surface area contributed by atoms with E-state index in [2.05, 4.69) is 121 Å². The summed E-state index contributed by atoms with van der Waals surface area (Å²) in [7, 11) is 3.80. The first-order chi connectivity index (χ1) is 21.5. The number of aliphatic hydroxyl groups excluding tert-OH is 2. The van der Waals surface area contributed by atoms with Gasteiger partial charge in [0.2, 0.25) is 0 Å². The van der Waals surface area contributed by atoms with E-state index in [1.807, 2.05) is 38.5 Å². The summed E-state index contributed by atoms with van der Waals surface area (Å²) in [5, 5.41) is 25.2. The number of β-amino-alcohol motifs (C(OH)–C–C–N with tert-alkyl or cyclic N) is 1. The Kier molecular flexibility index (Phi) is 14.0. The highest BCUT2D eigenvalue weighted by Crippen LogP contribution is 2.23. The van der Waals surface area contributed by atoms with E-state index in [0.717, 1.165) is 42.5 Å². The Morgan fingerprint density at radius 2 is 1.36 bits per heavy atom. The minimum absolute atomic E-state index is 0.148. The fourth-order valence-corrected chi connectivity index (χ4v) is 6.57. The zero-order valence-corrected chi connectivity index (χ0v) is 27.4. The molecule has 6 nitrogen and oxygen atoms in total. The Morgan fingerprint density at radius 3 is 1.86 bits per heavy atom. The zero-order valence-electron chi connectivity index (χ0n) is 25.8. The molecule has 0 spiro atoms. The molecule has 0 unspecified atom stereocenters. The smallest absolute Gasteiger partial charge is 0.171 e. The van der Waals surface area contributed by atoms with E-state index >= 15 is 0 Å². The van der Waals surface area contributed by atoms with Crippen molar-refractivity contribution in [2.45, 2.75) is 20.4 Å². The predicted molar refractivity (Wildman–Crippen MR) is 192 cm³/mol. The Labute approximate surface area is 270 Å². The molecule has 0 saturated carbocycles. The molecule has 0 saturated heterocycles. The normalized spacial score (nSPS) is 13.6. The summed E-state index contributed by atoms with van der Waals surface area (Å²) < 4.78 is 1.98. The van der Waals surface area contributed by atoms with Crippen LogP contribution in [0.1, 0.15) is 30.5 Å². The number of aromatic nitrogens is 1. The summed E-state index contributed by atoms with van der Waals surface area (Å²) in [4.78, 5) is 2.11. The zero-order chi connectivity index (χ0) is 31.0. The van der Waals surface area contributed by atoms with Crippen molar-refractivity contribution < 1.29 is 14.8 Å². The van der Waals surface area contributed by atoms with Crippen molar-refractivity contribution in [3.05, 3.63) is 119 Å². The molecule has 8 heteroatoms. The third-order valence-electron chi connectivity index (χ3n) is 7.26. The molecule has 232 valence electrons. The van der Waals surface area contributed by atoms with Gasteiger partial charge in [-0.2, -0.15) is 0 Å². The molecule has 4 N–H and O–H groups in total. The van der Waals surface area contributed by atoms with Gasteiger partial charge in [0, 0.05) is 67.4 Å². The lowest BCUT2D eigenvalue weighted by Gasteiger charge is -2.21. The van der Waals surface area contributed by atoms with Crippen LogP contribution in [0.25, 0.3) is 17.7 Å². The monoisotopic (exact) mass is 629 g/mol. The number of hydrogen-bond donors (Lipinski definition) is 4. The number of nitrogens with one attached hydrogen (secondary N) is 2. The molecule has 0 aliphatic carbocycles. The van der Waals surface area contributed by atoms with Crippen molar-refractivity contribution >= 4 is 50.7 Å². The van der Waals surface area contributed by atoms with Gasteiger partial charge >= 0.3 is 0 Å². The molecule has 1 aromatic heterocycles. The van der Waals surface area contributed by atoms with Crippen molar-refractivity contribution in [3.8, 4) is 0 Å². The van der Waals surface area contributed by atoms with Crippen LogP contribution in [0, 0.1) is 0 Å². The van der Waals surface area contributed by atoms with Gasteiger partial charge in [-0.1, -0.05) is 64.1 Å². The van der Waals surface area contributed by atoms with Crippen LogP contribution in [0.2, 0.25) is 0 Å². The van der Waals surface area contributed by atoms with E-state index in [0.29, 0.717) is 13.1 Å². The van der Waals surface area contributed by atoms with Gasteiger partial charge in [0.05, 0.1) is 6.61 Å². The highest BCUT2D eigenvalue weighted by atomic mass is 33.1. The molecule has 0 radical (unpaired) electrons. The largest absolute Gasteiger partial charge is 0.395 e. The van der Waals surface area contributed by atoms with Gasteiger partial charge in [-0.05, 0) is 77.6 Å². The molecule has 2 aromatic carbocycles. The van der Waals surface area contributed by atoms with Crippen LogP contribution in [0.15, 0.2) is 103 Å². The Bertz CT molecular complexity index is 1420. The minimum atomic E-state index is 0.148. The first-order valence-corrected chi connectivity index (χ1v) is 17.7. The fraction of sp³-hybridized carbons (Fsp3) is 0.306. The molecule has 3 aromatic rings. The lowest BCUT2D eigenvalue weighted by Crippen LogP contribution is -2.34. The summed E-state index contributed by atoms with van der Waals surface area (Å²) in [6.07, 6.45) is 14.8. The van der Waals surface area contributed by atoms with Gasteiger partial charge in [-0.3, -0.25) is 0 Å². The maximum Gasteiger partial charge on any atom is 0.171 e. The lowest BCUT2D eigenvalue weighted by atomic mass is 10.0. The van der Waals surface area contributed by atoms with Crippen molar-refractivity contribution in [1.82, 2.24) is 4.90 Å². The van der Waals surface area contributed by atoms with E-state index < -0.39 is 0 Å². The van der Waals surface area contributed by atoms with Gasteiger partial charge in [-0.15, -0.1) is 0 Å². The van der Waals surface area contributed by atoms with Gasteiger partial charge in [0.15, 0.2) is 18.9 Å². The molecular weight excluding hydrogens is 585 g/mol. The van der Waals surface area contributed by atoms with Crippen LogP contribution < -0.4 is 15.2 Å². The number of benzene rings is 2. The SMILES string of the molecule is C/C(=C\c1ccc(NCCSSCCNc2ccc(/C=C(\C)c3cc[n+](CCO)cc3)cc2)cc1)C1=CCN(CCO)C=C1. The van der Waals surface area contributed by atoms with Crippen LogP contribution in [-0.4, -0.2) is 66.0 Å². The minimum Gasteiger partial charge on any atom is -0.395 e. The average molecular weight is 630 g/mol. The summed E-state index contributed by atoms with van der Waals surface area (Å²) >= 11 is 0. The fourth-order valence-electron chi connectivity index (χ4n) is 4.75. The van der Waals surface area contributed by atoms with E-state index in [4.69, 9.17) is 10.2 Å². The molecule has 1 aliphatic heterocycles. The molecule has 1 aliphatic rings. The predicted octanol–water partition coefficient (Wildman–Crippen LogP) is 6.58. The van der Waals surface area contributed by atoms with Crippen LogP contribution in [0.4, 0.5) is 11.4 Å². The van der Waals surface area contributed by atoms with Gasteiger partial charge < -0.3 is 25.7 Å². The number of nitrogens with zero attached hydrogens (tertiary/aromatic N) is 2. The molecule has 2 heterocycles. The Balaban J connectivity index is 1.08. The number of hydrogen-bond acceptors (Lipinski definition) is 7. The third kappa shape index (κ3) is 11.2. The Morgan fingerprint density at radius 1 is 0.795 bits per heavy atom. The second-order valence-corrected chi connectivity index (χ2v) is 13.3. The van der Waals surface area contributed by atoms with E-state index in [1.165, 1.54) is 33.4 Å². The van der Waals surface area contributed by atoms with E-state index in [-0.39, 0.29) is 13.2 Å². The first kappa shape index (κ1) is 33.5. The highest BCUT2D eigenvalue weighted by Gasteiger charge is 2.06. The molecule has 0 fully saturated rings. The van der Waals surface area contributed by atoms with Crippen molar-refractivity contribution in [2.24, 2.45) is 0 Å². The number of aliphatic hydroxyl groups is 2. The van der Waals surface area contributed by atoms with Crippen LogP contribution in [0.5, 0.6) is 0 Å². The topological polar surface area (TPSA) is 71.6 Å². The highest BCUT2D eigenvalue weighted by molar-refractivity contribution is 8.76. The lowest BCUT2D eigenvalue weighted by molar-refractivity contribution is -0.698. The second kappa shape index (κ2) is 18.4. The third-order valence-corrected chi connectivity index (χ3v) is 9.67. The number of rotatable bonds is 17. The summed E-state index contributed by atoms with van der Waals surface area (Å²) in [5.41, 5.74) is 9.53. The quantitative estimate of drug-likeness (QED) is 0.0764. The second-order valence-electron chi connectivity index (χ2n) is 10.6. The Hall–Kier alpha value is -3.43. The van der Waals surface area contributed by atoms with Crippen LogP contribution in [-0.2, 0) is 6.54 Å².